The van der Waals surface area contributed by atoms with Crippen molar-refractivity contribution in [3.63, 3.8) is 0 Å². The molecule has 1 heterocycles. The van der Waals surface area contributed by atoms with Crippen LogP contribution in [0.1, 0.15) is 26.2 Å². The van der Waals surface area contributed by atoms with Crippen LogP contribution in [-0.4, -0.2) is 43.1 Å². The first-order chi connectivity index (χ1) is 11.2. The number of amides is 1. The Morgan fingerprint density at radius 1 is 1.35 bits per heavy atom. The molecule has 1 aromatic carbocycles. The molecule has 3 unspecified atom stereocenters. The van der Waals surface area contributed by atoms with Gasteiger partial charge >= 0.3 is 0 Å². The van der Waals surface area contributed by atoms with Crippen molar-refractivity contribution in [3.05, 3.63) is 24.3 Å². The van der Waals surface area contributed by atoms with Gasteiger partial charge in [0, 0.05) is 19.1 Å². The highest BCUT2D eigenvalue weighted by atomic mass is 16.5. The van der Waals surface area contributed by atoms with E-state index < -0.39 is 0 Å². The number of anilines is 1. The highest BCUT2D eigenvalue weighted by Gasteiger charge is 2.38. The SMILES string of the molecule is CCOc1ccccc1NC(=O)CN1CC2CCCC(N)C2C1. The number of hydrogen-bond acceptors (Lipinski definition) is 4. The summed E-state index contributed by atoms with van der Waals surface area (Å²) in [6, 6.07) is 7.88. The summed E-state index contributed by atoms with van der Waals surface area (Å²) in [7, 11) is 0. The Kier molecular flexibility index (Phi) is 5.18. The van der Waals surface area contributed by atoms with Gasteiger partial charge in [0.05, 0.1) is 18.8 Å². The van der Waals surface area contributed by atoms with E-state index in [9.17, 15) is 4.79 Å². The van der Waals surface area contributed by atoms with Crippen molar-refractivity contribution in [1.82, 2.24) is 4.90 Å². The maximum absolute atomic E-state index is 12.4. The van der Waals surface area contributed by atoms with Crippen LogP contribution in [0.2, 0.25) is 0 Å². The zero-order chi connectivity index (χ0) is 16.2. The summed E-state index contributed by atoms with van der Waals surface area (Å²) < 4.78 is 5.55. The predicted octanol–water partition coefficient (Wildman–Crippen LogP) is 2.08. The van der Waals surface area contributed by atoms with Crippen molar-refractivity contribution in [2.24, 2.45) is 17.6 Å². The zero-order valence-corrected chi connectivity index (χ0v) is 13.8. The third kappa shape index (κ3) is 3.85. The van der Waals surface area contributed by atoms with Gasteiger partial charge in [0.2, 0.25) is 5.91 Å². The van der Waals surface area contributed by atoms with Crippen LogP contribution in [-0.2, 0) is 4.79 Å². The van der Waals surface area contributed by atoms with Crippen molar-refractivity contribution in [2.45, 2.75) is 32.2 Å². The third-order valence-corrected chi connectivity index (χ3v) is 5.06. The molecule has 23 heavy (non-hydrogen) atoms. The van der Waals surface area contributed by atoms with Gasteiger partial charge in [0.15, 0.2) is 0 Å². The van der Waals surface area contributed by atoms with E-state index in [1.807, 2.05) is 31.2 Å². The first-order valence-corrected chi connectivity index (χ1v) is 8.67. The fourth-order valence-corrected chi connectivity index (χ4v) is 3.98. The molecule has 3 atom stereocenters. The molecular weight excluding hydrogens is 290 g/mol. The number of carbonyl (C=O) groups excluding carboxylic acids is 1. The van der Waals surface area contributed by atoms with Crippen LogP contribution in [0.3, 0.4) is 0 Å². The smallest absolute Gasteiger partial charge is 0.238 e. The highest BCUT2D eigenvalue weighted by molar-refractivity contribution is 5.93. The second kappa shape index (κ2) is 7.32. The molecule has 2 aliphatic rings. The number of likely N-dealkylation sites (tertiary alicyclic amines) is 1. The second-order valence-corrected chi connectivity index (χ2v) is 6.69. The third-order valence-electron chi connectivity index (χ3n) is 5.06. The summed E-state index contributed by atoms with van der Waals surface area (Å²) in [6.07, 6.45) is 3.61. The molecule has 1 aromatic rings. The number of nitrogens with zero attached hydrogens (tertiary/aromatic N) is 1. The van der Waals surface area contributed by atoms with Gasteiger partial charge in [0.25, 0.3) is 0 Å². The van der Waals surface area contributed by atoms with Crippen LogP contribution in [0.25, 0.3) is 0 Å². The number of hydrogen-bond donors (Lipinski definition) is 2. The normalized spacial score (nSPS) is 27.5. The molecule has 2 fully saturated rings. The average molecular weight is 317 g/mol. The molecule has 0 radical (unpaired) electrons. The van der Waals surface area contributed by atoms with E-state index in [4.69, 9.17) is 10.5 Å². The van der Waals surface area contributed by atoms with Crippen molar-refractivity contribution < 1.29 is 9.53 Å². The summed E-state index contributed by atoms with van der Waals surface area (Å²) >= 11 is 0. The molecule has 3 N–H and O–H groups in total. The molecular formula is C18H27N3O2. The Bertz CT molecular complexity index is 549. The molecule has 1 saturated heterocycles. The van der Waals surface area contributed by atoms with Gasteiger partial charge in [-0.3, -0.25) is 9.69 Å². The summed E-state index contributed by atoms with van der Waals surface area (Å²) in [5, 5.41) is 2.98. The standard InChI is InChI=1S/C18H27N3O2/c1-2-23-17-9-4-3-8-16(17)20-18(22)12-21-10-13-6-5-7-15(19)14(13)11-21/h3-4,8-9,13-15H,2,5-7,10-12,19H2,1H3,(H,20,22). The average Bonchev–Trinajstić information content (AvgIpc) is 2.93. The molecule has 0 spiro atoms. The van der Waals surface area contributed by atoms with Gasteiger partial charge in [-0.2, -0.15) is 0 Å². The first-order valence-electron chi connectivity index (χ1n) is 8.67. The molecule has 1 aliphatic heterocycles. The number of nitrogens with one attached hydrogen (secondary N) is 1. The van der Waals surface area contributed by atoms with Crippen LogP contribution >= 0.6 is 0 Å². The topological polar surface area (TPSA) is 67.6 Å². The van der Waals surface area contributed by atoms with E-state index in [1.54, 1.807) is 0 Å². The van der Waals surface area contributed by atoms with E-state index in [0.29, 0.717) is 31.0 Å². The van der Waals surface area contributed by atoms with Crippen molar-refractivity contribution in [3.8, 4) is 5.75 Å². The van der Waals surface area contributed by atoms with Gasteiger partial charge in [0.1, 0.15) is 5.75 Å². The van der Waals surface area contributed by atoms with Gasteiger partial charge in [-0.25, -0.2) is 0 Å². The minimum absolute atomic E-state index is 0.0179. The number of ether oxygens (including phenoxy) is 1. The predicted molar refractivity (Wildman–Crippen MR) is 91.5 cm³/mol. The minimum atomic E-state index is 0.0179. The summed E-state index contributed by atoms with van der Waals surface area (Å²) in [6.45, 7) is 4.90. The molecule has 5 heteroatoms. The highest BCUT2D eigenvalue weighted by Crippen LogP contribution is 2.35. The lowest BCUT2D eigenvalue weighted by molar-refractivity contribution is -0.117. The number of nitrogens with two attached hydrogens (primary N) is 1. The van der Waals surface area contributed by atoms with Gasteiger partial charge in [-0.05, 0) is 43.7 Å². The summed E-state index contributed by atoms with van der Waals surface area (Å²) in [4.78, 5) is 14.6. The first kappa shape index (κ1) is 16.3. The fourth-order valence-electron chi connectivity index (χ4n) is 3.98. The molecule has 1 amide bonds. The maximum atomic E-state index is 12.4. The molecule has 1 saturated carbocycles. The Morgan fingerprint density at radius 2 is 2.17 bits per heavy atom. The van der Waals surface area contributed by atoms with Crippen LogP contribution in [0.5, 0.6) is 5.75 Å². The van der Waals surface area contributed by atoms with Crippen LogP contribution in [0.4, 0.5) is 5.69 Å². The number of fused-ring (bicyclic) bond motifs is 1. The Hall–Kier alpha value is -1.59. The largest absolute Gasteiger partial charge is 0.492 e. The van der Waals surface area contributed by atoms with Crippen LogP contribution in [0, 0.1) is 11.8 Å². The summed E-state index contributed by atoms with van der Waals surface area (Å²) in [5.41, 5.74) is 6.99. The molecule has 0 aromatic heterocycles. The number of para-hydroxylation sites is 2. The molecule has 3 rings (SSSR count). The number of rotatable bonds is 5. The zero-order valence-electron chi connectivity index (χ0n) is 13.8. The van der Waals surface area contributed by atoms with E-state index in [0.717, 1.165) is 30.9 Å². The van der Waals surface area contributed by atoms with Gasteiger partial charge in [-0.1, -0.05) is 18.6 Å². The lowest BCUT2D eigenvalue weighted by Crippen LogP contribution is -2.38. The van der Waals surface area contributed by atoms with Crippen molar-refractivity contribution >= 4 is 11.6 Å². The van der Waals surface area contributed by atoms with Gasteiger partial charge < -0.3 is 15.8 Å². The molecule has 5 nitrogen and oxygen atoms in total. The molecule has 0 bridgehead atoms. The quantitative estimate of drug-likeness (QED) is 0.872. The lowest BCUT2D eigenvalue weighted by Gasteiger charge is -2.29. The van der Waals surface area contributed by atoms with Gasteiger partial charge in [-0.15, -0.1) is 0 Å². The van der Waals surface area contributed by atoms with Crippen LogP contribution in [0.15, 0.2) is 24.3 Å². The Labute approximate surface area is 138 Å². The molecule has 126 valence electrons. The Balaban J connectivity index is 1.56. The maximum Gasteiger partial charge on any atom is 0.238 e. The van der Waals surface area contributed by atoms with Crippen LogP contribution < -0.4 is 15.8 Å². The van der Waals surface area contributed by atoms with E-state index in [2.05, 4.69) is 10.2 Å². The Morgan fingerprint density at radius 3 is 2.96 bits per heavy atom. The minimum Gasteiger partial charge on any atom is -0.492 e. The van der Waals surface area contributed by atoms with Crippen molar-refractivity contribution in [1.29, 1.82) is 0 Å². The summed E-state index contributed by atoms with van der Waals surface area (Å²) in [5.74, 6) is 1.97. The number of carbonyl (C=O) groups is 1. The molecule has 1 aliphatic carbocycles. The second-order valence-electron chi connectivity index (χ2n) is 6.69. The van der Waals surface area contributed by atoms with E-state index >= 15 is 0 Å². The monoisotopic (exact) mass is 317 g/mol. The number of benzene rings is 1. The van der Waals surface area contributed by atoms with Crippen molar-refractivity contribution in [2.75, 3.05) is 31.6 Å². The van der Waals surface area contributed by atoms with E-state index in [1.165, 1.54) is 12.8 Å². The lowest BCUT2D eigenvalue weighted by atomic mass is 9.78. The fraction of sp³-hybridized carbons (Fsp3) is 0.611. The van der Waals surface area contributed by atoms with E-state index in [-0.39, 0.29) is 5.91 Å².